The highest BCUT2D eigenvalue weighted by atomic mass is 19.1. The molecule has 9 heteroatoms. The molecule has 4 aromatic rings. The van der Waals surface area contributed by atoms with Crippen LogP contribution in [0.25, 0.3) is 10.9 Å². The number of nitrogens with one attached hydrogen (secondary N) is 2. The fraction of sp³-hybridized carbons (Fsp3) is 0.130. The third kappa shape index (κ3) is 4.18. The molecule has 0 aliphatic rings. The lowest BCUT2D eigenvalue weighted by molar-refractivity contribution is 0.102. The van der Waals surface area contributed by atoms with E-state index in [4.69, 9.17) is 14.2 Å². The predicted molar refractivity (Wildman–Crippen MR) is 114 cm³/mol. The lowest BCUT2D eigenvalue weighted by Crippen LogP contribution is -2.12. The van der Waals surface area contributed by atoms with Gasteiger partial charge in [-0.2, -0.15) is 5.10 Å². The molecule has 0 atom stereocenters. The summed E-state index contributed by atoms with van der Waals surface area (Å²) >= 11 is 0. The summed E-state index contributed by atoms with van der Waals surface area (Å²) in [5, 5.41) is 10.3. The summed E-state index contributed by atoms with van der Waals surface area (Å²) in [7, 11) is 3.00. The number of nitrogens with zero attached hydrogens (tertiary/aromatic N) is 1. The van der Waals surface area contributed by atoms with Crippen LogP contribution in [-0.2, 0) is 6.61 Å². The van der Waals surface area contributed by atoms with Crippen LogP contribution in [0.3, 0.4) is 0 Å². The van der Waals surface area contributed by atoms with Crippen LogP contribution in [0.5, 0.6) is 17.2 Å². The van der Waals surface area contributed by atoms with Crippen molar-refractivity contribution in [2.75, 3.05) is 19.5 Å². The van der Waals surface area contributed by atoms with Crippen molar-refractivity contribution in [1.29, 1.82) is 0 Å². The number of amides is 1. The number of fused-ring (bicyclic) bond motifs is 1. The zero-order valence-corrected chi connectivity index (χ0v) is 17.2. The van der Waals surface area contributed by atoms with E-state index in [-0.39, 0.29) is 18.1 Å². The summed E-state index contributed by atoms with van der Waals surface area (Å²) in [4.78, 5) is 12.7. The lowest BCUT2D eigenvalue weighted by atomic mass is 10.2. The molecule has 2 N–H and O–H groups in total. The predicted octanol–water partition coefficient (Wildman–Crippen LogP) is 4.69. The fourth-order valence-electron chi connectivity index (χ4n) is 3.17. The van der Waals surface area contributed by atoms with Crippen LogP contribution in [0.4, 0.5) is 14.6 Å². The van der Waals surface area contributed by atoms with Crippen molar-refractivity contribution in [3.05, 3.63) is 77.4 Å². The highest BCUT2D eigenvalue weighted by Gasteiger charge is 2.15. The summed E-state index contributed by atoms with van der Waals surface area (Å²) in [6, 6.07) is 13.4. The van der Waals surface area contributed by atoms with Crippen molar-refractivity contribution in [1.82, 2.24) is 10.2 Å². The van der Waals surface area contributed by atoms with Crippen LogP contribution in [0.1, 0.15) is 15.9 Å². The minimum absolute atomic E-state index is 0.153. The van der Waals surface area contributed by atoms with Crippen LogP contribution >= 0.6 is 0 Å². The van der Waals surface area contributed by atoms with E-state index in [0.29, 0.717) is 39.5 Å². The van der Waals surface area contributed by atoms with E-state index in [0.717, 1.165) is 0 Å². The van der Waals surface area contributed by atoms with Gasteiger partial charge in [-0.05, 0) is 42.5 Å². The van der Waals surface area contributed by atoms with E-state index >= 15 is 0 Å². The molecular formula is C23H19F2N3O4. The number of methoxy groups -OCH3 is 2. The molecular weight excluding hydrogens is 420 g/mol. The summed E-state index contributed by atoms with van der Waals surface area (Å²) in [6.45, 7) is -0.263. The Morgan fingerprint density at radius 3 is 2.47 bits per heavy atom. The smallest absolute Gasteiger partial charge is 0.257 e. The molecule has 0 saturated carbocycles. The zero-order valence-electron chi connectivity index (χ0n) is 17.2. The molecule has 164 valence electrons. The first kappa shape index (κ1) is 21.1. The van der Waals surface area contributed by atoms with Crippen LogP contribution in [0, 0.1) is 11.6 Å². The number of hydrogen-bond acceptors (Lipinski definition) is 5. The molecule has 0 aliphatic carbocycles. The van der Waals surface area contributed by atoms with Gasteiger partial charge in [-0.1, -0.05) is 6.07 Å². The average molecular weight is 439 g/mol. The van der Waals surface area contributed by atoms with Crippen LogP contribution in [-0.4, -0.2) is 30.3 Å². The van der Waals surface area contributed by atoms with Gasteiger partial charge in [0.1, 0.15) is 24.0 Å². The number of ether oxygens (including phenoxy) is 3. The molecule has 0 bridgehead atoms. The highest BCUT2D eigenvalue weighted by molar-refractivity contribution is 6.08. The van der Waals surface area contributed by atoms with E-state index in [2.05, 4.69) is 15.5 Å². The Kier molecular flexibility index (Phi) is 5.89. The molecule has 0 fully saturated rings. The standard InChI is InChI=1S/C23H19F2N3O4/c1-30-20-9-6-13(10-21(20)31-2)23(29)26-22-15-8-7-14(11-19(15)27-28-22)32-12-16-17(24)4-3-5-18(16)25/h3-11H,12H2,1-2H3,(H2,26,27,28,29). The van der Waals surface area contributed by atoms with Crippen molar-refractivity contribution in [2.24, 2.45) is 0 Å². The normalized spacial score (nSPS) is 10.8. The van der Waals surface area contributed by atoms with Gasteiger partial charge < -0.3 is 19.5 Å². The van der Waals surface area contributed by atoms with E-state index < -0.39 is 11.6 Å². The van der Waals surface area contributed by atoms with Gasteiger partial charge in [0.25, 0.3) is 5.91 Å². The van der Waals surface area contributed by atoms with Gasteiger partial charge in [-0.25, -0.2) is 8.78 Å². The van der Waals surface area contributed by atoms with Crippen molar-refractivity contribution in [3.8, 4) is 17.2 Å². The Morgan fingerprint density at radius 2 is 1.75 bits per heavy atom. The van der Waals surface area contributed by atoms with Crippen molar-refractivity contribution >= 4 is 22.6 Å². The van der Waals surface area contributed by atoms with Gasteiger partial charge in [-0.3, -0.25) is 9.89 Å². The number of carbonyl (C=O) groups is 1. The quantitative estimate of drug-likeness (QED) is 0.436. The fourth-order valence-corrected chi connectivity index (χ4v) is 3.17. The number of aromatic nitrogens is 2. The second kappa shape index (κ2) is 8.93. The Labute approximate surface area is 181 Å². The largest absolute Gasteiger partial charge is 0.493 e. The molecule has 1 amide bonds. The van der Waals surface area contributed by atoms with Gasteiger partial charge in [-0.15, -0.1) is 0 Å². The topological polar surface area (TPSA) is 85.5 Å². The SMILES string of the molecule is COc1ccc(C(=O)Nc2n[nH]c3cc(OCc4c(F)cccc4F)ccc23)cc1OC. The van der Waals surface area contributed by atoms with Gasteiger partial charge in [0.05, 0.1) is 25.3 Å². The highest BCUT2D eigenvalue weighted by Crippen LogP contribution is 2.29. The minimum atomic E-state index is -0.673. The van der Waals surface area contributed by atoms with Crippen molar-refractivity contribution in [2.45, 2.75) is 6.61 Å². The monoisotopic (exact) mass is 439 g/mol. The Bertz CT molecular complexity index is 1270. The van der Waals surface area contributed by atoms with E-state index in [9.17, 15) is 13.6 Å². The maximum atomic E-state index is 13.8. The first-order valence-electron chi connectivity index (χ1n) is 9.57. The maximum Gasteiger partial charge on any atom is 0.257 e. The number of benzene rings is 3. The van der Waals surface area contributed by atoms with Gasteiger partial charge in [0.15, 0.2) is 17.3 Å². The number of aromatic amines is 1. The Hall–Kier alpha value is -4.14. The van der Waals surface area contributed by atoms with Crippen LogP contribution in [0.2, 0.25) is 0 Å². The van der Waals surface area contributed by atoms with Crippen LogP contribution in [0.15, 0.2) is 54.6 Å². The lowest BCUT2D eigenvalue weighted by Gasteiger charge is -2.09. The molecule has 0 aliphatic heterocycles. The Morgan fingerprint density at radius 1 is 1.00 bits per heavy atom. The van der Waals surface area contributed by atoms with Crippen molar-refractivity contribution < 1.29 is 27.8 Å². The molecule has 4 rings (SSSR count). The van der Waals surface area contributed by atoms with Gasteiger partial charge >= 0.3 is 0 Å². The maximum absolute atomic E-state index is 13.8. The summed E-state index contributed by atoms with van der Waals surface area (Å²) < 4.78 is 43.5. The Balaban J connectivity index is 1.50. The summed E-state index contributed by atoms with van der Waals surface area (Å²) in [6.07, 6.45) is 0. The number of rotatable bonds is 7. The van der Waals surface area contributed by atoms with Crippen LogP contribution < -0.4 is 19.5 Å². The van der Waals surface area contributed by atoms with E-state index in [1.807, 2.05) is 0 Å². The van der Waals surface area contributed by atoms with E-state index in [1.165, 1.54) is 32.4 Å². The first-order chi connectivity index (χ1) is 15.5. The molecule has 1 heterocycles. The number of halogens is 2. The van der Waals surface area contributed by atoms with Gasteiger partial charge in [0.2, 0.25) is 0 Å². The third-order valence-corrected chi connectivity index (χ3v) is 4.86. The molecule has 7 nitrogen and oxygen atoms in total. The van der Waals surface area contributed by atoms with E-state index in [1.54, 1.807) is 36.4 Å². The third-order valence-electron chi connectivity index (χ3n) is 4.86. The second-order valence-corrected chi connectivity index (χ2v) is 6.79. The molecule has 0 spiro atoms. The summed E-state index contributed by atoms with van der Waals surface area (Å²) in [5.41, 5.74) is 0.796. The molecule has 32 heavy (non-hydrogen) atoms. The summed E-state index contributed by atoms with van der Waals surface area (Å²) in [5.74, 6) is -0.0690. The molecule has 1 aromatic heterocycles. The van der Waals surface area contributed by atoms with Crippen molar-refractivity contribution in [3.63, 3.8) is 0 Å². The number of carbonyl (C=O) groups excluding carboxylic acids is 1. The second-order valence-electron chi connectivity index (χ2n) is 6.79. The molecule has 3 aromatic carbocycles. The molecule has 0 radical (unpaired) electrons. The minimum Gasteiger partial charge on any atom is -0.493 e. The average Bonchev–Trinajstić information content (AvgIpc) is 3.20. The first-order valence-corrected chi connectivity index (χ1v) is 9.57. The molecule has 0 saturated heterocycles. The number of hydrogen-bond donors (Lipinski definition) is 2. The van der Waals surface area contributed by atoms with Gasteiger partial charge in [0, 0.05) is 17.0 Å². The zero-order chi connectivity index (χ0) is 22.7. The molecule has 0 unspecified atom stereocenters. The number of H-pyrrole nitrogens is 1. The number of anilines is 1.